The summed E-state index contributed by atoms with van der Waals surface area (Å²) >= 11 is 3.34. The first-order valence-electron chi connectivity index (χ1n) is 8.71. The van der Waals surface area contributed by atoms with Crippen LogP contribution in [0.1, 0.15) is 13.8 Å². The highest BCUT2D eigenvalue weighted by Gasteiger charge is 2.33. The summed E-state index contributed by atoms with van der Waals surface area (Å²) in [7, 11) is -3.72. The van der Waals surface area contributed by atoms with Gasteiger partial charge in [-0.25, -0.2) is 8.42 Å². The molecule has 2 aliphatic rings. The Kier molecular flexibility index (Phi) is 4.90. The molecular weight excluding hydrogens is 400 g/mol. The van der Waals surface area contributed by atoms with Crippen LogP contribution in [0, 0.1) is 0 Å². The van der Waals surface area contributed by atoms with Gasteiger partial charge in [0, 0.05) is 40.8 Å². The average molecular weight is 421 g/mol. The van der Waals surface area contributed by atoms with Crippen LogP contribution >= 0.6 is 23.5 Å². The van der Waals surface area contributed by atoms with Gasteiger partial charge in [-0.2, -0.15) is 0 Å². The molecule has 4 rings (SSSR count). The molecule has 2 aliphatic heterocycles. The van der Waals surface area contributed by atoms with Crippen molar-refractivity contribution in [3.8, 4) is 0 Å². The third kappa shape index (κ3) is 3.34. The minimum Gasteiger partial charge on any atom is -0.311 e. The van der Waals surface area contributed by atoms with E-state index in [1.54, 1.807) is 40.6 Å². The molecule has 1 amide bonds. The van der Waals surface area contributed by atoms with E-state index >= 15 is 0 Å². The van der Waals surface area contributed by atoms with E-state index in [0.717, 1.165) is 21.2 Å². The van der Waals surface area contributed by atoms with Crippen molar-refractivity contribution in [1.82, 2.24) is 0 Å². The SMILES string of the molecule is CC(=O)N1CCSc2ccc(S(=O)(=O)N3CC(C)Sc4ccccc43)cc21. The number of anilines is 2. The first-order chi connectivity index (χ1) is 12.9. The predicted molar refractivity (Wildman–Crippen MR) is 111 cm³/mol. The molecule has 5 nitrogen and oxygen atoms in total. The fraction of sp³-hybridized carbons (Fsp3) is 0.316. The Morgan fingerprint density at radius 1 is 1.11 bits per heavy atom. The number of carbonyl (C=O) groups excluding carboxylic acids is 1. The minimum absolute atomic E-state index is 0.0700. The predicted octanol–water partition coefficient (Wildman–Crippen LogP) is 3.83. The first-order valence-corrected chi connectivity index (χ1v) is 12.0. The average Bonchev–Trinajstić information content (AvgIpc) is 2.66. The van der Waals surface area contributed by atoms with Gasteiger partial charge >= 0.3 is 0 Å². The summed E-state index contributed by atoms with van der Waals surface area (Å²) in [6.45, 7) is 4.56. The number of nitrogens with zero attached hydrogens (tertiary/aromatic N) is 2. The number of hydrogen-bond acceptors (Lipinski definition) is 5. The molecule has 0 aliphatic carbocycles. The molecule has 0 saturated heterocycles. The zero-order chi connectivity index (χ0) is 19.2. The van der Waals surface area contributed by atoms with Crippen molar-refractivity contribution < 1.29 is 13.2 Å². The van der Waals surface area contributed by atoms with Crippen molar-refractivity contribution in [2.45, 2.75) is 33.8 Å². The molecule has 0 aromatic heterocycles. The number of carbonyl (C=O) groups is 1. The molecule has 2 heterocycles. The van der Waals surface area contributed by atoms with Crippen molar-refractivity contribution in [2.75, 3.05) is 28.0 Å². The van der Waals surface area contributed by atoms with E-state index in [0.29, 0.717) is 18.8 Å². The number of amides is 1. The van der Waals surface area contributed by atoms with Crippen LogP contribution in [0.4, 0.5) is 11.4 Å². The maximum absolute atomic E-state index is 13.5. The Bertz CT molecular complexity index is 1010. The second kappa shape index (κ2) is 7.07. The summed E-state index contributed by atoms with van der Waals surface area (Å²) in [6.07, 6.45) is 0. The van der Waals surface area contributed by atoms with E-state index in [2.05, 4.69) is 0 Å². The first kappa shape index (κ1) is 18.7. The van der Waals surface area contributed by atoms with Crippen LogP contribution in [0.3, 0.4) is 0 Å². The zero-order valence-electron chi connectivity index (χ0n) is 15.1. The van der Waals surface area contributed by atoms with Gasteiger partial charge in [0.1, 0.15) is 0 Å². The number of hydrogen-bond donors (Lipinski definition) is 0. The van der Waals surface area contributed by atoms with Crippen molar-refractivity contribution in [3.63, 3.8) is 0 Å². The van der Waals surface area contributed by atoms with Crippen molar-refractivity contribution in [3.05, 3.63) is 42.5 Å². The normalized spacial score (nSPS) is 19.4. The zero-order valence-corrected chi connectivity index (χ0v) is 17.5. The Morgan fingerprint density at radius 3 is 2.67 bits per heavy atom. The van der Waals surface area contributed by atoms with E-state index in [-0.39, 0.29) is 16.1 Å². The highest BCUT2D eigenvalue weighted by molar-refractivity contribution is 8.00. The summed E-state index contributed by atoms with van der Waals surface area (Å²) in [4.78, 5) is 15.8. The largest absolute Gasteiger partial charge is 0.311 e. The van der Waals surface area contributed by atoms with Crippen LogP contribution in [0.5, 0.6) is 0 Å². The van der Waals surface area contributed by atoms with Gasteiger partial charge in [-0.15, -0.1) is 23.5 Å². The van der Waals surface area contributed by atoms with Gasteiger partial charge in [-0.1, -0.05) is 19.1 Å². The number of sulfonamides is 1. The quantitative estimate of drug-likeness (QED) is 0.739. The van der Waals surface area contributed by atoms with Crippen LogP contribution < -0.4 is 9.21 Å². The van der Waals surface area contributed by atoms with Gasteiger partial charge in [0.05, 0.1) is 16.3 Å². The summed E-state index contributed by atoms with van der Waals surface area (Å²) < 4.78 is 28.4. The van der Waals surface area contributed by atoms with Gasteiger partial charge < -0.3 is 4.90 Å². The number of benzene rings is 2. The second-order valence-corrected chi connectivity index (χ2v) is 11.1. The maximum Gasteiger partial charge on any atom is 0.264 e. The second-order valence-electron chi connectivity index (χ2n) is 6.58. The third-order valence-corrected chi connectivity index (χ3v) is 8.62. The molecule has 27 heavy (non-hydrogen) atoms. The molecule has 0 spiro atoms. The molecule has 0 saturated carbocycles. The van der Waals surface area contributed by atoms with Crippen LogP contribution in [0.2, 0.25) is 0 Å². The Balaban J connectivity index is 1.80. The van der Waals surface area contributed by atoms with Gasteiger partial charge in [-0.3, -0.25) is 9.10 Å². The lowest BCUT2D eigenvalue weighted by Crippen LogP contribution is -2.39. The summed E-state index contributed by atoms with van der Waals surface area (Å²) in [6, 6.07) is 12.7. The molecule has 0 N–H and O–H groups in total. The van der Waals surface area contributed by atoms with E-state index in [4.69, 9.17) is 0 Å². The maximum atomic E-state index is 13.5. The van der Waals surface area contributed by atoms with Gasteiger partial charge in [0.2, 0.25) is 5.91 Å². The summed E-state index contributed by atoms with van der Waals surface area (Å²) in [5.41, 5.74) is 1.41. The van der Waals surface area contributed by atoms with Crippen molar-refractivity contribution in [1.29, 1.82) is 0 Å². The van der Waals surface area contributed by atoms with E-state index in [9.17, 15) is 13.2 Å². The molecule has 0 bridgehead atoms. The minimum atomic E-state index is -3.72. The smallest absolute Gasteiger partial charge is 0.264 e. The monoisotopic (exact) mass is 420 g/mol. The molecule has 8 heteroatoms. The molecule has 142 valence electrons. The molecule has 2 aromatic carbocycles. The lowest BCUT2D eigenvalue weighted by atomic mass is 10.2. The summed E-state index contributed by atoms with van der Waals surface area (Å²) in [5.74, 6) is 0.742. The fourth-order valence-corrected chi connectivity index (χ4v) is 7.22. The third-order valence-electron chi connectivity index (χ3n) is 4.65. The van der Waals surface area contributed by atoms with Crippen LogP contribution in [0.15, 0.2) is 57.2 Å². The molecule has 1 unspecified atom stereocenters. The van der Waals surface area contributed by atoms with Crippen LogP contribution in [-0.2, 0) is 14.8 Å². The Morgan fingerprint density at radius 2 is 1.89 bits per heavy atom. The van der Waals surface area contributed by atoms with E-state index < -0.39 is 10.0 Å². The van der Waals surface area contributed by atoms with Gasteiger partial charge in [0.15, 0.2) is 0 Å². The fourth-order valence-electron chi connectivity index (χ4n) is 3.39. The molecule has 0 fully saturated rings. The van der Waals surface area contributed by atoms with E-state index in [1.165, 1.54) is 11.2 Å². The molecule has 1 atom stereocenters. The Hall–Kier alpha value is -1.64. The van der Waals surface area contributed by atoms with Gasteiger partial charge in [-0.05, 0) is 30.3 Å². The topological polar surface area (TPSA) is 57.7 Å². The van der Waals surface area contributed by atoms with Crippen molar-refractivity contribution in [2.24, 2.45) is 0 Å². The standard InChI is InChI=1S/C19H20N2O3S3/c1-13-12-21(16-5-3-4-6-19(16)26-13)27(23,24)15-7-8-18-17(11-15)20(14(2)22)9-10-25-18/h3-8,11,13H,9-10,12H2,1-2H3. The summed E-state index contributed by atoms with van der Waals surface area (Å²) in [5, 5.41) is 0.163. The number of para-hydroxylation sites is 1. The van der Waals surface area contributed by atoms with Crippen LogP contribution in [0.25, 0.3) is 0 Å². The Labute approximate surface area is 168 Å². The molecular formula is C19H20N2O3S3. The van der Waals surface area contributed by atoms with E-state index in [1.807, 2.05) is 37.3 Å². The lowest BCUT2D eigenvalue weighted by molar-refractivity contribution is -0.116. The highest BCUT2D eigenvalue weighted by atomic mass is 32.2. The number of thioether (sulfide) groups is 2. The number of rotatable bonds is 2. The number of fused-ring (bicyclic) bond motifs is 2. The molecule has 0 radical (unpaired) electrons. The van der Waals surface area contributed by atoms with Crippen LogP contribution in [-0.4, -0.2) is 38.4 Å². The van der Waals surface area contributed by atoms with Crippen molar-refractivity contribution >= 4 is 50.8 Å². The van der Waals surface area contributed by atoms with Gasteiger partial charge in [0.25, 0.3) is 10.0 Å². The highest BCUT2D eigenvalue weighted by Crippen LogP contribution is 2.42. The molecule has 2 aromatic rings. The lowest BCUT2D eigenvalue weighted by Gasteiger charge is -2.34.